The van der Waals surface area contributed by atoms with Crippen LogP contribution in [0.5, 0.6) is 0 Å². The number of rotatable bonds is 0. The second-order valence-corrected chi connectivity index (χ2v) is 0. The first-order valence-corrected chi connectivity index (χ1v) is 0. The SMILES string of the molecule is [Cu+2].[Cu+2].[Fe+3].[Fe+3].[O-2].[O-2].[O-2].[O-2].[O-2]. The van der Waals surface area contributed by atoms with Crippen molar-refractivity contribution in [2.45, 2.75) is 0 Å². The Morgan fingerprint density at radius 3 is 0.333 bits per heavy atom. The van der Waals surface area contributed by atoms with Crippen LogP contribution in [0.15, 0.2) is 0 Å². The van der Waals surface area contributed by atoms with Crippen molar-refractivity contribution in [3.63, 3.8) is 0 Å². The molecule has 0 aromatic heterocycles. The molecule has 9 heavy (non-hydrogen) atoms. The molecular formula is Cu2Fe2O5. The zero-order chi connectivity index (χ0) is 0. The van der Waals surface area contributed by atoms with E-state index in [0.717, 1.165) is 0 Å². The van der Waals surface area contributed by atoms with E-state index in [0.29, 0.717) is 0 Å². The van der Waals surface area contributed by atoms with Gasteiger partial charge in [-0.05, 0) is 0 Å². The molecule has 0 aliphatic heterocycles. The van der Waals surface area contributed by atoms with Gasteiger partial charge in [0.1, 0.15) is 0 Å². The molecule has 0 aliphatic carbocycles. The van der Waals surface area contributed by atoms with E-state index in [1.54, 1.807) is 0 Å². The molecule has 0 rings (SSSR count). The van der Waals surface area contributed by atoms with E-state index in [9.17, 15) is 0 Å². The van der Waals surface area contributed by atoms with Crippen LogP contribution in [0.2, 0.25) is 0 Å². The van der Waals surface area contributed by atoms with Gasteiger partial charge < -0.3 is 27.4 Å². The van der Waals surface area contributed by atoms with Gasteiger partial charge in [-0.1, -0.05) is 0 Å². The molecule has 0 saturated heterocycles. The molecule has 0 atom stereocenters. The summed E-state index contributed by atoms with van der Waals surface area (Å²) in [6.45, 7) is 0. The topological polar surface area (TPSA) is 142 Å². The molecule has 0 heterocycles. The van der Waals surface area contributed by atoms with Crippen molar-refractivity contribution in [2.24, 2.45) is 0 Å². The molecule has 4 radical (unpaired) electrons. The molecule has 0 aromatic rings. The summed E-state index contributed by atoms with van der Waals surface area (Å²) in [5.74, 6) is 0. The summed E-state index contributed by atoms with van der Waals surface area (Å²) in [5, 5.41) is 0. The van der Waals surface area contributed by atoms with Crippen LogP contribution < -0.4 is 0 Å². The van der Waals surface area contributed by atoms with Crippen LogP contribution in [0.3, 0.4) is 0 Å². The number of hydrogen-bond acceptors (Lipinski definition) is 0. The molecule has 0 bridgehead atoms. The van der Waals surface area contributed by atoms with Gasteiger partial charge in [0.05, 0.1) is 0 Å². The smallest absolute Gasteiger partial charge is 2.00 e. The van der Waals surface area contributed by atoms with Gasteiger partial charge in [-0.2, -0.15) is 0 Å². The van der Waals surface area contributed by atoms with Gasteiger partial charge in [-0.3, -0.25) is 0 Å². The van der Waals surface area contributed by atoms with Crippen molar-refractivity contribution in [3.8, 4) is 0 Å². The van der Waals surface area contributed by atoms with Crippen LogP contribution in [0.25, 0.3) is 0 Å². The Labute approximate surface area is 95.2 Å². The Morgan fingerprint density at radius 1 is 0.333 bits per heavy atom. The molecule has 0 saturated carbocycles. The second kappa shape index (κ2) is 221. The van der Waals surface area contributed by atoms with Crippen LogP contribution >= 0.6 is 0 Å². The van der Waals surface area contributed by atoms with Gasteiger partial charge in [-0.25, -0.2) is 0 Å². The minimum atomic E-state index is 0. The molecule has 0 fully saturated rings. The van der Waals surface area contributed by atoms with Gasteiger partial charge >= 0.3 is 68.3 Å². The molecule has 5 nitrogen and oxygen atoms in total. The predicted molar refractivity (Wildman–Crippen MR) is 3.43 cm³/mol. The largest absolute Gasteiger partial charge is 3.00 e. The van der Waals surface area contributed by atoms with Crippen molar-refractivity contribution in [3.05, 3.63) is 0 Å². The van der Waals surface area contributed by atoms with Crippen LogP contribution in [0.4, 0.5) is 0 Å². The van der Waals surface area contributed by atoms with Crippen LogP contribution in [-0.2, 0) is 95.7 Å². The summed E-state index contributed by atoms with van der Waals surface area (Å²) < 4.78 is 0. The van der Waals surface area contributed by atoms with E-state index >= 15 is 0 Å². The Bertz CT molecular complexity index is 12.9. The molecule has 9 heteroatoms. The third-order valence-electron chi connectivity index (χ3n) is 0. The zero-order valence-corrected chi connectivity index (χ0v) is 7.44. The van der Waals surface area contributed by atoms with E-state index < -0.39 is 0 Å². The first-order valence-electron chi connectivity index (χ1n) is 0. The maximum Gasteiger partial charge on any atom is 3.00 e. The average molecular weight is 319 g/mol. The zero-order valence-electron chi connectivity index (χ0n) is 3.35. The fourth-order valence-corrected chi connectivity index (χ4v) is 0. The minimum Gasteiger partial charge on any atom is -2.00 e. The Kier molecular flexibility index (Phi) is 7380. The van der Waals surface area contributed by atoms with Crippen molar-refractivity contribution in [1.82, 2.24) is 0 Å². The van der Waals surface area contributed by atoms with Crippen molar-refractivity contribution in [1.29, 1.82) is 0 Å². The summed E-state index contributed by atoms with van der Waals surface area (Å²) in [7, 11) is 0. The van der Waals surface area contributed by atoms with E-state index in [2.05, 4.69) is 0 Å². The average Bonchev–Trinajstić information content (AvgIpc) is 0. The molecule has 0 amide bonds. The standard InChI is InChI=1S/2Cu.2Fe.5O/q2*+2;2*+3;5*-2. The first kappa shape index (κ1) is 301. The molecular weight excluding hydrogens is 319 g/mol. The third kappa shape index (κ3) is 174. The van der Waals surface area contributed by atoms with Crippen LogP contribution in [0.1, 0.15) is 0 Å². The molecule has 0 aliphatic rings. The van der Waals surface area contributed by atoms with Crippen molar-refractivity contribution < 1.29 is 95.7 Å². The monoisotopic (exact) mass is 318 g/mol. The van der Waals surface area contributed by atoms with E-state index in [1.165, 1.54) is 0 Å². The third-order valence-corrected chi connectivity index (χ3v) is 0. The van der Waals surface area contributed by atoms with E-state index in [4.69, 9.17) is 0 Å². The maximum absolute atomic E-state index is 0. The fourth-order valence-electron chi connectivity index (χ4n) is 0. The first-order chi connectivity index (χ1) is 0. The van der Waals surface area contributed by atoms with Gasteiger partial charge in [0, 0.05) is 0 Å². The summed E-state index contributed by atoms with van der Waals surface area (Å²) in [6.07, 6.45) is 0. The van der Waals surface area contributed by atoms with Crippen molar-refractivity contribution in [2.75, 3.05) is 0 Å². The van der Waals surface area contributed by atoms with E-state index in [1.807, 2.05) is 0 Å². The summed E-state index contributed by atoms with van der Waals surface area (Å²) in [5.41, 5.74) is 0. The van der Waals surface area contributed by atoms with Gasteiger partial charge in [0.2, 0.25) is 0 Å². The Hall–Kier alpha value is 1.88. The maximum atomic E-state index is 0. The Balaban J connectivity index is 0. The normalized spacial score (nSPS) is 0. The predicted octanol–water partition coefficient (Wildman–Crippen LogP) is -0.604. The molecule has 0 unspecified atom stereocenters. The summed E-state index contributed by atoms with van der Waals surface area (Å²) in [4.78, 5) is 0. The minimum absolute atomic E-state index is 0. The van der Waals surface area contributed by atoms with Gasteiger partial charge in [-0.15, -0.1) is 0 Å². The fraction of sp³-hybridized carbons (Fsp3) is 0. The van der Waals surface area contributed by atoms with Crippen LogP contribution in [-0.4, -0.2) is 0 Å². The molecule has 0 spiro atoms. The molecule has 68 valence electrons. The number of hydrogen-bond donors (Lipinski definition) is 0. The van der Waals surface area contributed by atoms with Crippen molar-refractivity contribution >= 4 is 0 Å². The Morgan fingerprint density at radius 2 is 0.333 bits per heavy atom. The molecule has 0 N–H and O–H groups in total. The summed E-state index contributed by atoms with van der Waals surface area (Å²) >= 11 is 0. The van der Waals surface area contributed by atoms with Gasteiger partial charge in [0.15, 0.2) is 0 Å². The second-order valence-electron chi connectivity index (χ2n) is 0. The quantitative estimate of drug-likeness (QED) is 0.525. The van der Waals surface area contributed by atoms with Gasteiger partial charge in [0.25, 0.3) is 0 Å². The molecule has 0 aromatic carbocycles. The van der Waals surface area contributed by atoms with Crippen LogP contribution in [0, 0.1) is 0 Å². The van der Waals surface area contributed by atoms with E-state index in [-0.39, 0.29) is 95.7 Å². The summed E-state index contributed by atoms with van der Waals surface area (Å²) in [6, 6.07) is 0.